The molecule has 0 bridgehead atoms. The Bertz CT molecular complexity index is 387. The Hall–Kier alpha value is -0.640. The topological polar surface area (TPSA) is 41.1 Å². The zero-order valence-electron chi connectivity index (χ0n) is 9.32. The molecule has 94 valence electrons. The fourth-order valence-corrected chi connectivity index (χ4v) is 2.16. The normalized spacial score (nSPS) is 10.1. The fourth-order valence-electron chi connectivity index (χ4n) is 1.21. The number of halogens is 3. The van der Waals surface area contributed by atoms with Crippen LogP contribution in [0.5, 0.6) is 0 Å². The Kier molecular flexibility index (Phi) is 5.89. The molecule has 1 aromatic rings. The summed E-state index contributed by atoms with van der Waals surface area (Å²) >= 11 is 17.7. The third-order valence-electron chi connectivity index (χ3n) is 2.00. The summed E-state index contributed by atoms with van der Waals surface area (Å²) in [5.41, 5.74) is 0.518. The van der Waals surface area contributed by atoms with Gasteiger partial charge in [0.25, 0.3) is 0 Å². The Morgan fingerprint density at radius 1 is 1.24 bits per heavy atom. The van der Waals surface area contributed by atoms with E-state index in [2.05, 4.69) is 10.6 Å². The Morgan fingerprint density at radius 3 is 2.35 bits per heavy atom. The Labute approximate surface area is 115 Å². The highest BCUT2D eigenvalue weighted by Crippen LogP contribution is 2.33. The number of anilines is 1. The summed E-state index contributed by atoms with van der Waals surface area (Å²) in [6.45, 7) is 2.77. The molecule has 0 heterocycles. The van der Waals surface area contributed by atoms with E-state index in [4.69, 9.17) is 34.8 Å². The van der Waals surface area contributed by atoms with Crippen LogP contribution in [0, 0.1) is 0 Å². The van der Waals surface area contributed by atoms with Gasteiger partial charge in [-0.2, -0.15) is 0 Å². The van der Waals surface area contributed by atoms with Gasteiger partial charge in [-0.25, -0.2) is 0 Å². The van der Waals surface area contributed by atoms with Crippen LogP contribution >= 0.6 is 34.8 Å². The lowest BCUT2D eigenvalue weighted by Gasteiger charge is -2.10. The van der Waals surface area contributed by atoms with Gasteiger partial charge in [-0.1, -0.05) is 41.7 Å². The second-order valence-corrected chi connectivity index (χ2v) is 4.70. The summed E-state index contributed by atoms with van der Waals surface area (Å²) in [4.78, 5) is 11.4. The minimum atomic E-state index is -0.103. The molecule has 0 aliphatic heterocycles. The molecule has 0 spiro atoms. The quantitative estimate of drug-likeness (QED) is 0.871. The summed E-state index contributed by atoms with van der Waals surface area (Å²) in [6.07, 6.45) is 0.897. The van der Waals surface area contributed by atoms with Crippen LogP contribution in [0.2, 0.25) is 15.1 Å². The van der Waals surface area contributed by atoms with Crippen LogP contribution in [0.3, 0.4) is 0 Å². The molecule has 1 rings (SSSR count). The molecule has 6 heteroatoms. The van der Waals surface area contributed by atoms with Crippen molar-refractivity contribution in [2.75, 3.05) is 18.4 Å². The smallest absolute Gasteiger partial charge is 0.239 e. The zero-order valence-corrected chi connectivity index (χ0v) is 11.6. The SMILES string of the molecule is CCCNC(=O)CNc1c(Cl)cc(Cl)cc1Cl. The van der Waals surface area contributed by atoms with E-state index in [1.54, 1.807) is 12.1 Å². The number of hydrogen-bond acceptors (Lipinski definition) is 2. The molecule has 2 N–H and O–H groups in total. The lowest BCUT2D eigenvalue weighted by Crippen LogP contribution is -2.30. The standard InChI is InChI=1S/C11H13Cl3N2O/c1-2-3-15-10(17)6-16-11-8(13)4-7(12)5-9(11)14/h4-5,16H,2-3,6H2,1H3,(H,15,17). The number of benzene rings is 1. The minimum Gasteiger partial charge on any atom is -0.374 e. The van der Waals surface area contributed by atoms with Gasteiger partial charge in [0, 0.05) is 11.6 Å². The second-order valence-electron chi connectivity index (χ2n) is 3.45. The van der Waals surface area contributed by atoms with Crippen LogP contribution in [0.1, 0.15) is 13.3 Å². The first-order valence-electron chi connectivity index (χ1n) is 5.19. The van der Waals surface area contributed by atoms with E-state index in [1.807, 2.05) is 6.92 Å². The fraction of sp³-hybridized carbons (Fsp3) is 0.364. The third-order valence-corrected chi connectivity index (χ3v) is 2.82. The van der Waals surface area contributed by atoms with E-state index in [1.165, 1.54) is 0 Å². The van der Waals surface area contributed by atoms with Gasteiger partial charge in [-0.15, -0.1) is 0 Å². The van der Waals surface area contributed by atoms with Crippen molar-refractivity contribution in [1.82, 2.24) is 5.32 Å². The first kappa shape index (κ1) is 14.4. The van der Waals surface area contributed by atoms with Crippen molar-refractivity contribution in [2.24, 2.45) is 0 Å². The number of hydrogen-bond donors (Lipinski definition) is 2. The molecular formula is C11H13Cl3N2O. The third kappa shape index (κ3) is 4.62. The van der Waals surface area contributed by atoms with E-state index >= 15 is 0 Å². The summed E-state index contributed by atoms with van der Waals surface area (Å²) in [5.74, 6) is -0.103. The second kappa shape index (κ2) is 6.94. The molecule has 17 heavy (non-hydrogen) atoms. The lowest BCUT2D eigenvalue weighted by atomic mass is 10.3. The Morgan fingerprint density at radius 2 is 1.82 bits per heavy atom. The van der Waals surface area contributed by atoms with Gasteiger partial charge < -0.3 is 10.6 Å². The average Bonchev–Trinajstić information content (AvgIpc) is 2.24. The van der Waals surface area contributed by atoms with Gasteiger partial charge in [0.05, 0.1) is 22.3 Å². The van der Waals surface area contributed by atoms with Crippen LogP contribution in [-0.4, -0.2) is 19.0 Å². The molecule has 0 saturated carbocycles. The first-order valence-corrected chi connectivity index (χ1v) is 6.33. The molecule has 1 amide bonds. The summed E-state index contributed by atoms with van der Waals surface area (Å²) < 4.78 is 0. The molecule has 0 radical (unpaired) electrons. The number of rotatable bonds is 5. The number of amides is 1. The summed E-state index contributed by atoms with van der Waals surface area (Å²) in [5, 5.41) is 6.87. The van der Waals surface area contributed by atoms with Gasteiger partial charge in [-0.05, 0) is 18.6 Å². The minimum absolute atomic E-state index is 0.103. The van der Waals surface area contributed by atoms with E-state index in [-0.39, 0.29) is 12.5 Å². The van der Waals surface area contributed by atoms with E-state index in [0.29, 0.717) is 27.3 Å². The van der Waals surface area contributed by atoms with Crippen LogP contribution in [0.15, 0.2) is 12.1 Å². The Balaban J connectivity index is 2.60. The first-order chi connectivity index (χ1) is 8.04. The molecule has 0 atom stereocenters. The van der Waals surface area contributed by atoms with E-state index in [9.17, 15) is 4.79 Å². The molecule has 3 nitrogen and oxygen atoms in total. The van der Waals surface area contributed by atoms with Gasteiger partial charge >= 0.3 is 0 Å². The number of nitrogens with one attached hydrogen (secondary N) is 2. The molecule has 0 aliphatic carbocycles. The number of carbonyl (C=O) groups excluding carboxylic acids is 1. The molecule has 0 saturated heterocycles. The maximum absolute atomic E-state index is 11.4. The maximum atomic E-state index is 11.4. The van der Waals surface area contributed by atoms with Crippen molar-refractivity contribution < 1.29 is 4.79 Å². The van der Waals surface area contributed by atoms with Gasteiger partial charge in [0.2, 0.25) is 5.91 Å². The predicted octanol–water partition coefficient (Wildman–Crippen LogP) is 3.58. The van der Waals surface area contributed by atoms with Crippen molar-refractivity contribution in [3.05, 3.63) is 27.2 Å². The molecule has 1 aromatic carbocycles. The average molecular weight is 296 g/mol. The van der Waals surface area contributed by atoms with Crippen LogP contribution in [0.25, 0.3) is 0 Å². The van der Waals surface area contributed by atoms with Gasteiger partial charge in [0.1, 0.15) is 0 Å². The van der Waals surface area contributed by atoms with Gasteiger partial charge in [-0.3, -0.25) is 4.79 Å². The molecule has 0 fully saturated rings. The summed E-state index contributed by atoms with van der Waals surface area (Å²) in [6, 6.07) is 3.14. The van der Waals surface area contributed by atoms with Crippen molar-refractivity contribution >= 4 is 46.4 Å². The number of carbonyl (C=O) groups is 1. The highest BCUT2D eigenvalue weighted by atomic mass is 35.5. The van der Waals surface area contributed by atoms with Crippen molar-refractivity contribution in [3.63, 3.8) is 0 Å². The lowest BCUT2D eigenvalue weighted by molar-refractivity contribution is -0.119. The predicted molar refractivity (Wildman–Crippen MR) is 73.3 cm³/mol. The van der Waals surface area contributed by atoms with Crippen LogP contribution < -0.4 is 10.6 Å². The monoisotopic (exact) mass is 294 g/mol. The highest BCUT2D eigenvalue weighted by Gasteiger charge is 2.08. The molecule has 0 aliphatic rings. The van der Waals surface area contributed by atoms with Gasteiger partial charge in [0.15, 0.2) is 0 Å². The van der Waals surface area contributed by atoms with E-state index < -0.39 is 0 Å². The van der Waals surface area contributed by atoms with E-state index in [0.717, 1.165) is 6.42 Å². The maximum Gasteiger partial charge on any atom is 0.239 e. The zero-order chi connectivity index (χ0) is 12.8. The van der Waals surface area contributed by atoms with Crippen molar-refractivity contribution in [3.8, 4) is 0 Å². The molecule has 0 unspecified atom stereocenters. The van der Waals surface area contributed by atoms with Crippen LogP contribution in [-0.2, 0) is 4.79 Å². The molecule has 0 aromatic heterocycles. The largest absolute Gasteiger partial charge is 0.374 e. The van der Waals surface area contributed by atoms with Crippen LogP contribution in [0.4, 0.5) is 5.69 Å². The molecular weight excluding hydrogens is 282 g/mol. The van der Waals surface area contributed by atoms with Crippen molar-refractivity contribution in [2.45, 2.75) is 13.3 Å². The highest BCUT2D eigenvalue weighted by molar-refractivity contribution is 6.41. The summed E-state index contributed by atoms with van der Waals surface area (Å²) in [7, 11) is 0. The van der Waals surface area contributed by atoms with Crippen molar-refractivity contribution in [1.29, 1.82) is 0 Å².